The highest BCUT2D eigenvalue weighted by Crippen LogP contribution is 2.21. The van der Waals surface area contributed by atoms with E-state index in [1.54, 1.807) is 0 Å². The highest BCUT2D eigenvalue weighted by atomic mass is 32.2. The first-order chi connectivity index (χ1) is 16.0. The van der Waals surface area contributed by atoms with E-state index in [0.29, 0.717) is 6.42 Å². The molecule has 0 radical (unpaired) electrons. The average molecular weight is 460 g/mol. The lowest BCUT2D eigenvalue weighted by Crippen LogP contribution is -2.16. The number of hydrogen-bond acceptors (Lipinski definition) is 4. The Morgan fingerprint density at radius 2 is 1.85 bits per heavy atom. The molecular weight excluding hydrogens is 430 g/mol. The minimum atomic E-state index is -0.0476. The van der Waals surface area contributed by atoms with Crippen LogP contribution in [0, 0.1) is 13.8 Å². The number of thioether (sulfide) groups is 1. The molecule has 0 saturated carbocycles. The zero-order chi connectivity index (χ0) is 23.2. The van der Waals surface area contributed by atoms with Gasteiger partial charge in [0, 0.05) is 37.6 Å². The number of aromatic nitrogens is 4. The summed E-state index contributed by atoms with van der Waals surface area (Å²) in [6, 6.07) is 20.6. The Morgan fingerprint density at radius 3 is 2.58 bits per heavy atom. The number of carbonyl (C=O) groups excluding carboxylic acids is 1. The number of carbonyl (C=O) groups is 1. The second-order valence-corrected chi connectivity index (χ2v) is 9.17. The van der Waals surface area contributed by atoms with Crippen LogP contribution in [0.25, 0.3) is 0 Å². The number of benzene rings is 2. The molecule has 170 valence electrons. The molecule has 0 atom stereocenters. The van der Waals surface area contributed by atoms with Crippen molar-refractivity contribution in [1.29, 1.82) is 0 Å². The van der Waals surface area contributed by atoms with Crippen molar-refractivity contribution < 1.29 is 4.79 Å². The molecule has 1 amide bonds. The van der Waals surface area contributed by atoms with Crippen LogP contribution in [0.3, 0.4) is 0 Å². The van der Waals surface area contributed by atoms with Crippen molar-refractivity contribution in [2.75, 3.05) is 11.1 Å². The second kappa shape index (κ2) is 10.5. The zero-order valence-corrected chi connectivity index (χ0v) is 20.1. The first-order valence-electron chi connectivity index (χ1n) is 11.1. The highest BCUT2D eigenvalue weighted by molar-refractivity contribution is 7.99. The van der Waals surface area contributed by atoms with Crippen molar-refractivity contribution >= 4 is 23.4 Å². The Morgan fingerprint density at radius 1 is 1.03 bits per heavy atom. The number of nitrogens with zero attached hydrogens (tertiary/aromatic N) is 4. The van der Waals surface area contributed by atoms with Gasteiger partial charge in [0.25, 0.3) is 0 Å². The van der Waals surface area contributed by atoms with Crippen molar-refractivity contribution in [2.24, 2.45) is 7.05 Å². The van der Waals surface area contributed by atoms with Crippen molar-refractivity contribution in [2.45, 2.75) is 38.4 Å². The topological polar surface area (TPSA) is 64.7 Å². The summed E-state index contributed by atoms with van der Waals surface area (Å²) >= 11 is 1.43. The lowest BCUT2D eigenvalue weighted by Gasteiger charge is -2.12. The molecule has 6 nitrogen and oxygen atoms in total. The molecule has 0 saturated heterocycles. The molecule has 0 bridgehead atoms. The Hall–Kier alpha value is -3.32. The molecule has 2 aromatic heterocycles. The molecule has 0 unspecified atom stereocenters. The molecule has 2 aromatic carbocycles. The fourth-order valence-corrected chi connectivity index (χ4v) is 4.56. The molecule has 0 aliphatic heterocycles. The van der Waals surface area contributed by atoms with E-state index in [0.717, 1.165) is 35.2 Å². The zero-order valence-electron chi connectivity index (χ0n) is 19.3. The van der Waals surface area contributed by atoms with Gasteiger partial charge in [-0.25, -0.2) is 0 Å². The van der Waals surface area contributed by atoms with E-state index in [2.05, 4.69) is 61.0 Å². The lowest BCUT2D eigenvalue weighted by molar-refractivity contribution is -0.113. The summed E-state index contributed by atoms with van der Waals surface area (Å²) in [5.74, 6) is 1.14. The summed E-state index contributed by atoms with van der Waals surface area (Å²) in [5, 5.41) is 12.7. The van der Waals surface area contributed by atoms with Crippen LogP contribution in [0.2, 0.25) is 0 Å². The highest BCUT2D eigenvalue weighted by Gasteiger charge is 2.16. The van der Waals surface area contributed by atoms with E-state index in [4.69, 9.17) is 0 Å². The van der Waals surface area contributed by atoms with Crippen LogP contribution in [0.15, 0.2) is 72.0 Å². The lowest BCUT2D eigenvalue weighted by atomic mass is 10.1. The van der Waals surface area contributed by atoms with Crippen LogP contribution in [-0.2, 0) is 31.2 Å². The summed E-state index contributed by atoms with van der Waals surface area (Å²) in [5.41, 5.74) is 5.52. The van der Waals surface area contributed by atoms with E-state index < -0.39 is 0 Å². The summed E-state index contributed by atoms with van der Waals surface area (Å²) in [6.45, 7) is 4.81. The summed E-state index contributed by atoms with van der Waals surface area (Å²) < 4.78 is 4.25. The predicted octanol–water partition coefficient (Wildman–Crippen LogP) is 4.80. The standard InChI is InChI=1S/C26H29N5OS/c1-19-11-12-23(20(2)16-19)27-25(32)18-33-26-29-28-24(17-22-10-7-14-30(22)3)31(26)15-13-21-8-5-4-6-9-21/h4-12,14,16H,13,15,17-18H2,1-3H3,(H,27,32). The third-order valence-electron chi connectivity index (χ3n) is 5.64. The monoisotopic (exact) mass is 459 g/mol. The number of rotatable bonds is 9. The van der Waals surface area contributed by atoms with Gasteiger partial charge in [-0.1, -0.05) is 59.8 Å². The van der Waals surface area contributed by atoms with Gasteiger partial charge in [-0.05, 0) is 49.6 Å². The molecule has 0 aliphatic carbocycles. The average Bonchev–Trinajstić information content (AvgIpc) is 3.39. The van der Waals surface area contributed by atoms with E-state index in [1.807, 2.05) is 51.4 Å². The van der Waals surface area contributed by atoms with Crippen LogP contribution >= 0.6 is 11.8 Å². The van der Waals surface area contributed by atoms with E-state index in [-0.39, 0.29) is 11.7 Å². The Kier molecular flexibility index (Phi) is 7.29. The number of nitrogens with one attached hydrogen (secondary N) is 1. The van der Waals surface area contributed by atoms with Crippen molar-refractivity contribution in [1.82, 2.24) is 19.3 Å². The molecule has 0 spiro atoms. The van der Waals surface area contributed by atoms with Gasteiger partial charge in [-0.2, -0.15) is 0 Å². The SMILES string of the molecule is Cc1ccc(NC(=O)CSc2nnc(Cc3cccn3C)n2CCc2ccccc2)c(C)c1. The number of amides is 1. The molecular formula is C26H29N5OS. The van der Waals surface area contributed by atoms with Crippen molar-refractivity contribution in [3.63, 3.8) is 0 Å². The molecule has 7 heteroatoms. The van der Waals surface area contributed by atoms with Crippen LogP contribution in [0.5, 0.6) is 0 Å². The molecule has 4 rings (SSSR count). The maximum Gasteiger partial charge on any atom is 0.234 e. The summed E-state index contributed by atoms with van der Waals surface area (Å²) in [4.78, 5) is 12.6. The first-order valence-corrected chi connectivity index (χ1v) is 12.0. The van der Waals surface area contributed by atoms with E-state index in [9.17, 15) is 4.79 Å². The molecule has 1 N–H and O–H groups in total. The fraction of sp³-hybridized carbons (Fsp3) is 0.269. The van der Waals surface area contributed by atoms with Crippen molar-refractivity contribution in [3.8, 4) is 0 Å². The van der Waals surface area contributed by atoms with Gasteiger partial charge in [-0.15, -0.1) is 10.2 Å². The van der Waals surface area contributed by atoms with Gasteiger partial charge in [0.2, 0.25) is 5.91 Å². The molecule has 0 fully saturated rings. The van der Waals surface area contributed by atoms with Gasteiger partial charge in [-0.3, -0.25) is 4.79 Å². The molecule has 4 aromatic rings. The Balaban J connectivity index is 1.47. The van der Waals surface area contributed by atoms with E-state index in [1.165, 1.54) is 28.6 Å². The molecule has 33 heavy (non-hydrogen) atoms. The van der Waals surface area contributed by atoms with Gasteiger partial charge < -0.3 is 14.5 Å². The van der Waals surface area contributed by atoms with Gasteiger partial charge in [0.05, 0.1) is 5.75 Å². The maximum atomic E-state index is 12.6. The normalized spacial score (nSPS) is 11.0. The third-order valence-corrected chi connectivity index (χ3v) is 6.61. The van der Waals surface area contributed by atoms with Crippen molar-refractivity contribution in [3.05, 3.63) is 95.1 Å². The van der Waals surface area contributed by atoms with Crippen LogP contribution in [0.1, 0.15) is 28.2 Å². The number of hydrogen-bond donors (Lipinski definition) is 1. The number of aryl methyl sites for hydroxylation is 4. The third kappa shape index (κ3) is 5.93. The smallest absolute Gasteiger partial charge is 0.234 e. The van der Waals surface area contributed by atoms with Gasteiger partial charge in [0.1, 0.15) is 5.82 Å². The predicted molar refractivity (Wildman–Crippen MR) is 134 cm³/mol. The quantitative estimate of drug-likeness (QED) is 0.365. The van der Waals surface area contributed by atoms with E-state index >= 15 is 0 Å². The number of anilines is 1. The van der Waals surface area contributed by atoms with Crippen LogP contribution < -0.4 is 5.32 Å². The molecule has 2 heterocycles. The Labute approximate surface area is 199 Å². The molecule has 0 aliphatic rings. The fourth-order valence-electron chi connectivity index (χ4n) is 3.78. The maximum absolute atomic E-state index is 12.6. The first kappa shape index (κ1) is 22.9. The van der Waals surface area contributed by atoms with Crippen LogP contribution in [0.4, 0.5) is 5.69 Å². The largest absolute Gasteiger partial charge is 0.354 e. The summed E-state index contributed by atoms with van der Waals surface area (Å²) in [7, 11) is 2.03. The minimum absolute atomic E-state index is 0.0476. The van der Waals surface area contributed by atoms with Gasteiger partial charge in [0.15, 0.2) is 5.16 Å². The van der Waals surface area contributed by atoms with Gasteiger partial charge >= 0.3 is 0 Å². The second-order valence-electron chi connectivity index (χ2n) is 8.23. The Bertz CT molecular complexity index is 1230. The summed E-state index contributed by atoms with van der Waals surface area (Å²) in [6.07, 6.45) is 3.61. The minimum Gasteiger partial charge on any atom is -0.354 e. The van der Waals surface area contributed by atoms with Crippen LogP contribution in [-0.4, -0.2) is 31.0 Å².